The molecular formula is C12H20N2. The van der Waals surface area contributed by atoms with E-state index < -0.39 is 0 Å². The molecule has 0 aliphatic carbocycles. The third-order valence-electron chi connectivity index (χ3n) is 2.47. The van der Waals surface area contributed by atoms with Crippen LogP contribution in [0, 0.1) is 19.8 Å². The van der Waals surface area contributed by atoms with Crippen LogP contribution in [-0.4, -0.2) is 13.1 Å². The van der Waals surface area contributed by atoms with E-state index in [4.69, 9.17) is 11.5 Å². The first-order valence-corrected chi connectivity index (χ1v) is 5.13. The van der Waals surface area contributed by atoms with Crippen LogP contribution in [0.1, 0.15) is 16.7 Å². The maximum Gasteiger partial charge on any atom is -0.00336 e. The van der Waals surface area contributed by atoms with Crippen molar-refractivity contribution in [1.29, 1.82) is 0 Å². The van der Waals surface area contributed by atoms with Crippen LogP contribution in [0.2, 0.25) is 0 Å². The van der Waals surface area contributed by atoms with Crippen molar-refractivity contribution in [2.24, 2.45) is 17.4 Å². The standard InChI is InChI=1S/C12H20N2/c1-9-3-10(2)5-11(4-9)6-12(7-13)8-14/h3-5,12H,6-8,13-14H2,1-2H3. The number of aryl methyl sites for hydroxylation is 2. The third kappa shape index (κ3) is 3.13. The summed E-state index contributed by atoms with van der Waals surface area (Å²) in [4.78, 5) is 0. The summed E-state index contributed by atoms with van der Waals surface area (Å²) >= 11 is 0. The highest BCUT2D eigenvalue weighted by Crippen LogP contribution is 2.12. The van der Waals surface area contributed by atoms with Crippen molar-refractivity contribution in [1.82, 2.24) is 0 Å². The minimum absolute atomic E-state index is 0.413. The minimum atomic E-state index is 0.413. The van der Waals surface area contributed by atoms with Crippen molar-refractivity contribution in [2.45, 2.75) is 20.3 Å². The molecule has 0 saturated heterocycles. The highest BCUT2D eigenvalue weighted by atomic mass is 14.6. The van der Waals surface area contributed by atoms with Crippen molar-refractivity contribution in [3.05, 3.63) is 34.9 Å². The van der Waals surface area contributed by atoms with Crippen molar-refractivity contribution in [2.75, 3.05) is 13.1 Å². The smallest absolute Gasteiger partial charge is 0.00336 e. The van der Waals surface area contributed by atoms with E-state index in [2.05, 4.69) is 32.0 Å². The van der Waals surface area contributed by atoms with Gasteiger partial charge in [-0.05, 0) is 44.8 Å². The van der Waals surface area contributed by atoms with E-state index in [9.17, 15) is 0 Å². The van der Waals surface area contributed by atoms with E-state index in [0.717, 1.165) is 6.42 Å². The van der Waals surface area contributed by atoms with Gasteiger partial charge < -0.3 is 11.5 Å². The lowest BCUT2D eigenvalue weighted by atomic mass is 9.97. The summed E-state index contributed by atoms with van der Waals surface area (Å²) in [5, 5.41) is 0. The summed E-state index contributed by atoms with van der Waals surface area (Å²) < 4.78 is 0. The monoisotopic (exact) mass is 192 g/mol. The van der Waals surface area contributed by atoms with E-state index in [0.29, 0.717) is 19.0 Å². The highest BCUT2D eigenvalue weighted by Gasteiger charge is 2.05. The van der Waals surface area contributed by atoms with Gasteiger partial charge in [0.25, 0.3) is 0 Å². The van der Waals surface area contributed by atoms with Gasteiger partial charge in [0.1, 0.15) is 0 Å². The van der Waals surface area contributed by atoms with Crippen LogP contribution >= 0.6 is 0 Å². The fourth-order valence-electron chi connectivity index (χ4n) is 1.78. The molecule has 0 heterocycles. The fourth-order valence-corrected chi connectivity index (χ4v) is 1.78. The Morgan fingerprint density at radius 1 is 1.00 bits per heavy atom. The topological polar surface area (TPSA) is 52.0 Å². The van der Waals surface area contributed by atoms with Gasteiger partial charge in [0.2, 0.25) is 0 Å². The highest BCUT2D eigenvalue weighted by molar-refractivity contribution is 5.28. The maximum atomic E-state index is 5.63. The second-order valence-electron chi connectivity index (χ2n) is 4.04. The largest absolute Gasteiger partial charge is 0.330 e. The summed E-state index contributed by atoms with van der Waals surface area (Å²) in [5.74, 6) is 0.413. The lowest BCUT2D eigenvalue weighted by Crippen LogP contribution is -2.25. The van der Waals surface area contributed by atoms with Gasteiger partial charge in [-0.15, -0.1) is 0 Å². The first kappa shape index (κ1) is 11.2. The first-order chi connectivity index (χ1) is 6.65. The van der Waals surface area contributed by atoms with Gasteiger partial charge in [-0.2, -0.15) is 0 Å². The van der Waals surface area contributed by atoms with Crippen molar-refractivity contribution < 1.29 is 0 Å². The normalized spacial score (nSPS) is 10.9. The molecule has 0 aliphatic heterocycles. The Kier molecular flexibility index (Phi) is 4.11. The molecule has 78 valence electrons. The molecule has 1 aromatic rings. The van der Waals surface area contributed by atoms with E-state index >= 15 is 0 Å². The van der Waals surface area contributed by atoms with Crippen molar-refractivity contribution in [3.8, 4) is 0 Å². The molecule has 0 amide bonds. The molecule has 0 aromatic heterocycles. The van der Waals surface area contributed by atoms with Crippen LogP contribution in [0.25, 0.3) is 0 Å². The summed E-state index contributed by atoms with van der Waals surface area (Å²) in [7, 11) is 0. The molecular weight excluding hydrogens is 172 g/mol. The summed E-state index contributed by atoms with van der Waals surface area (Å²) in [6.07, 6.45) is 0.996. The van der Waals surface area contributed by atoms with Gasteiger partial charge in [0.15, 0.2) is 0 Å². The molecule has 14 heavy (non-hydrogen) atoms. The molecule has 1 rings (SSSR count). The summed E-state index contributed by atoms with van der Waals surface area (Å²) in [6, 6.07) is 6.61. The Balaban J connectivity index is 2.75. The van der Waals surface area contributed by atoms with E-state index in [-0.39, 0.29) is 0 Å². The van der Waals surface area contributed by atoms with Gasteiger partial charge in [-0.25, -0.2) is 0 Å². The average molecular weight is 192 g/mol. The molecule has 0 aliphatic rings. The van der Waals surface area contributed by atoms with Crippen LogP contribution in [0.15, 0.2) is 18.2 Å². The zero-order valence-corrected chi connectivity index (χ0v) is 9.09. The Hall–Kier alpha value is -0.860. The SMILES string of the molecule is Cc1cc(C)cc(CC(CN)CN)c1. The lowest BCUT2D eigenvalue weighted by molar-refractivity contribution is 0.548. The van der Waals surface area contributed by atoms with Crippen LogP contribution in [0.3, 0.4) is 0 Å². The van der Waals surface area contributed by atoms with Gasteiger partial charge in [-0.3, -0.25) is 0 Å². The quantitative estimate of drug-likeness (QED) is 0.757. The van der Waals surface area contributed by atoms with E-state index in [1.54, 1.807) is 0 Å². The first-order valence-electron chi connectivity index (χ1n) is 5.13. The molecule has 0 unspecified atom stereocenters. The Labute approximate surface area is 86.3 Å². The van der Waals surface area contributed by atoms with Crippen LogP contribution in [-0.2, 0) is 6.42 Å². The number of rotatable bonds is 4. The van der Waals surface area contributed by atoms with Gasteiger partial charge in [0.05, 0.1) is 0 Å². The minimum Gasteiger partial charge on any atom is -0.330 e. The number of hydrogen-bond donors (Lipinski definition) is 2. The number of nitrogens with two attached hydrogens (primary N) is 2. The summed E-state index contributed by atoms with van der Waals surface area (Å²) in [6.45, 7) is 5.58. The lowest BCUT2D eigenvalue weighted by Gasteiger charge is -2.12. The van der Waals surface area contributed by atoms with Gasteiger partial charge in [0, 0.05) is 0 Å². The molecule has 2 nitrogen and oxygen atoms in total. The Bertz CT molecular complexity index is 270. The van der Waals surface area contributed by atoms with Crippen LogP contribution in [0.5, 0.6) is 0 Å². The maximum absolute atomic E-state index is 5.63. The third-order valence-corrected chi connectivity index (χ3v) is 2.47. The Morgan fingerprint density at radius 2 is 1.50 bits per heavy atom. The molecule has 0 atom stereocenters. The van der Waals surface area contributed by atoms with Gasteiger partial charge in [-0.1, -0.05) is 29.3 Å². The molecule has 0 radical (unpaired) electrons. The predicted octanol–water partition coefficient (Wildman–Crippen LogP) is 1.38. The zero-order valence-electron chi connectivity index (χ0n) is 9.09. The van der Waals surface area contributed by atoms with Crippen LogP contribution < -0.4 is 11.5 Å². The predicted molar refractivity (Wildman–Crippen MR) is 61.2 cm³/mol. The number of hydrogen-bond acceptors (Lipinski definition) is 2. The van der Waals surface area contributed by atoms with E-state index in [1.165, 1.54) is 16.7 Å². The molecule has 0 saturated carbocycles. The average Bonchev–Trinajstić information content (AvgIpc) is 2.12. The molecule has 0 bridgehead atoms. The van der Waals surface area contributed by atoms with E-state index in [1.807, 2.05) is 0 Å². The second-order valence-corrected chi connectivity index (χ2v) is 4.04. The second kappa shape index (κ2) is 5.13. The molecule has 0 spiro atoms. The van der Waals surface area contributed by atoms with Gasteiger partial charge >= 0.3 is 0 Å². The van der Waals surface area contributed by atoms with Crippen molar-refractivity contribution in [3.63, 3.8) is 0 Å². The number of benzene rings is 1. The Morgan fingerprint density at radius 3 is 1.93 bits per heavy atom. The molecule has 4 N–H and O–H groups in total. The zero-order chi connectivity index (χ0) is 10.6. The fraction of sp³-hybridized carbons (Fsp3) is 0.500. The molecule has 1 aromatic carbocycles. The molecule has 2 heteroatoms. The molecule has 0 fully saturated rings. The van der Waals surface area contributed by atoms with Crippen LogP contribution in [0.4, 0.5) is 0 Å². The summed E-state index contributed by atoms with van der Waals surface area (Å²) in [5.41, 5.74) is 15.2. The van der Waals surface area contributed by atoms with Crippen molar-refractivity contribution >= 4 is 0 Å².